The van der Waals surface area contributed by atoms with Crippen molar-refractivity contribution in [1.29, 1.82) is 0 Å². The van der Waals surface area contributed by atoms with Gasteiger partial charge in [-0.05, 0) is 56.0 Å². The van der Waals surface area contributed by atoms with Gasteiger partial charge in [-0.25, -0.2) is 0 Å². The second-order valence-electron chi connectivity index (χ2n) is 5.98. The van der Waals surface area contributed by atoms with Crippen LogP contribution in [0.15, 0.2) is 18.2 Å². The molecule has 0 saturated carbocycles. The molecular weight excluding hydrogens is 248 g/mol. The first-order chi connectivity index (χ1) is 9.85. The van der Waals surface area contributed by atoms with Crippen LogP contribution in [-0.2, 0) is 24.2 Å². The Hall–Kier alpha value is -0.900. The summed E-state index contributed by atoms with van der Waals surface area (Å²) in [6.07, 6.45) is 4.09. The maximum Gasteiger partial charge on any atom is 0.0702 e. The Morgan fingerprint density at radius 2 is 2.30 bits per heavy atom. The van der Waals surface area contributed by atoms with E-state index in [4.69, 9.17) is 4.74 Å². The van der Waals surface area contributed by atoms with Crippen LogP contribution in [0.2, 0.25) is 0 Å². The molecule has 1 unspecified atom stereocenters. The van der Waals surface area contributed by atoms with Crippen LogP contribution in [0.25, 0.3) is 0 Å². The van der Waals surface area contributed by atoms with Crippen LogP contribution in [0.1, 0.15) is 36.5 Å². The number of likely N-dealkylation sites (tertiary alicyclic amines) is 1. The third-order valence-corrected chi connectivity index (χ3v) is 4.43. The number of hydrogen-bond acceptors (Lipinski definition) is 3. The number of nitrogens with one attached hydrogen (secondary N) is 1. The van der Waals surface area contributed by atoms with Crippen molar-refractivity contribution in [3.05, 3.63) is 34.9 Å². The van der Waals surface area contributed by atoms with Crippen molar-refractivity contribution < 1.29 is 4.74 Å². The average Bonchev–Trinajstić information content (AvgIpc) is 2.48. The van der Waals surface area contributed by atoms with E-state index in [2.05, 4.69) is 35.3 Å². The van der Waals surface area contributed by atoms with Crippen LogP contribution in [0.3, 0.4) is 0 Å². The summed E-state index contributed by atoms with van der Waals surface area (Å²) in [6.45, 7) is 8.44. The molecule has 110 valence electrons. The molecule has 1 aromatic carbocycles. The lowest BCUT2D eigenvalue weighted by Crippen LogP contribution is -2.39. The van der Waals surface area contributed by atoms with Gasteiger partial charge in [-0.2, -0.15) is 0 Å². The molecule has 1 N–H and O–H groups in total. The molecule has 1 aromatic rings. The molecule has 3 heteroatoms. The van der Waals surface area contributed by atoms with Gasteiger partial charge in [-0.3, -0.25) is 4.90 Å². The number of benzene rings is 1. The number of fused-ring (bicyclic) bond motifs is 1. The lowest BCUT2D eigenvalue weighted by Gasteiger charge is -2.32. The second-order valence-corrected chi connectivity index (χ2v) is 5.98. The van der Waals surface area contributed by atoms with Crippen molar-refractivity contribution >= 4 is 0 Å². The third-order valence-electron chi connectivity index (χ3n) is 4.43. The Kier molecular flexibility index (Phi) is 4.71. The predicted octanol–water partition coefficient (Wildman–Crippen LogP) is 2.33. The summed E-state index contributed by atoms with van der Waals surface area (Å²) in [7, 11) is 0. The zero-order valence-corrected chi connectivity index (χ0v) is 12.5. The van der Waals surface area contributed by atoms with Crippen LogP contribution in [0.4, 0.5) is 0 Å². The van der Waals surface area contributed by atoms with Crippen molar-refractivity contribution in [3.63, 3.8) is 0 Å². The lowest BCUT2D eigenvalue weighted by atomic mass is 9.98. The van der Waals surface area contributed by atoms with Crippen molar-refractivity contribution in [3.8, 4) is 0 Å². The van der Waals surface area contributed by atoms with Gasteiger partial charge in [0.05, 0.1) is 6.10 Å². The molecule has 0 bridgehead atoms. The molecule has 2 aliphatic heterocycles. The highest BCUT2D eigenvalue weighted by atomic mass is 16.5. The number of nitrogens with zero attached hydrogens (tertiary/aromatic N) is 1. The van der Waals surface area contributed by atoms with Gasteiger partial charge in [-0.1, -0.05) is 18.2 Å². The van der Waals surface area contributed by atoms with E-state index >= 15 is 0 Å². The fraction of sp³-hybridized carbons (Fsp3) is 0.647. The third kappa shape index (κ3) is 3.40. The summed E-state index contributed by atoms with van der Waals surface area (Å²) in [6, 6.07) is 7.04. The topological polar surface area (TPSA) is 24.5 Å². The largest absolute Gasteiger partial charge is 0.377 e. The first-order valence-corrected chi connectivity index (χ1v) is 8.00. The minimum atomic E-state index is 0.438. The number of hydrogen-bond donors (Lipinski definition) is 1. The van der Waals surface area contributed by atoms with Crippen LogP contribution < -0.4 is 5.32 Å². The molecule has 3 rings (SSSR count). The van der Waals surface area contributed by atoms with Gasteiger partial charge in [0.25, 0.3) is 0 Å². The Balaban J connectivity index is 1.62. The van der Waals surface area contributed by atoms with Crippen molar-refractivity contribution in [1.82, 2.24) is 10.2 Å². The highest BCUT2D eigenvalue weighted by Gasteiger charge is 2.20. The summed E-state index contributed by atoms with van der Waals surface area (Å²) in [4.78, 5) is 2.54. The van der Waals surface area contributed by atoms with E-state index < -0.39 is 0 Å². The van der Waals surface area contributed by atoms with E-state index in [-0.39, 0.29) is 0 Å². The molecule has 0 aliphatic carbocycles. The van der Waals surface area contributed by atoms with Gasteiger partial charge in [0.15, 0.2) is 0 Å². The SMILES string of the molecule is CCOC1CCCN(Cc2ccc3c(c2)CNCC3)C1. The zero-order chi connectivity index (χ0) is 13.8. The fourth-order valence-corrected chi connectivity index (χ4v) is 3.42. The van der Waals surface area contributed by atoms with Gasteiger partial charge >= 0.3 is 0 Å². The van der Waals surface area contributed by atoms with Gasteiger partial charge in [0, 0.05) is 26.2 Å². The average molecular weight is 274 g/mol. The normalized spacial score (nSPS) is 23.6. The molecule has 0 spiro atoms. The van der Waals surface area contributed by atoms with Crippen molar-refractivity contribution in [2.24, 2.45) is 0 Å². The van der Waals surface area contributed by atoms with Crippen molar-refractivity contribution in [2.45, 2.75) is 45.4 Å². The molecule has 0 radical (unpaired) electrons. The highest BCUT2D eigenvalue weighted by molar-refractivity contribution is 5.33. The first kappa shape index (κ1) is 14.1. The smallest absolute Gasteiger partial charge is 0.0702 e. The highest BCUT2D eigenvalue weighted by Crippen LogP contribution is 2.19. The van der Waals surface area contributed by atoms with E-state index in [9.17, 15) is 0 Å². The van der Waals surface area contributed by atoms with E-state index in [1.807, 2.05) is 0 Å². The second kappa shape index (κ2) is 6.70. The number of piperidine rings is 1. The Morgan fingerprint density at radius 1 is 1.35 bits per heavy atom. The maximum atomic E-state index is 5.79. The van der Waals surface area contributed by atoms with Gasteiger partial charge < -0.3 is 10.1 Å². The Morgan fingerprint density at radius 3 is 3.20 bits per heavy atom. The van der Waals surface area contributed by atoms with E-state index in [1.165, 1.54) is 42.5 Å². The molecule has 3 nitrogen and oxygen atoms in total. The van der Waals surface area contributed by atoms with Crippen molar-refractivity contribution in [2.75, 3.05) is 26.2 Å². The molecule has 1 fully saturated rings. The summed E-state index contributed by atoms with van der Waals surface area (Å²) < 4.78 is 5.79. The predicted molar refractivity (Wildman–Crippen MR) is 81.8 cm³/mol. The zero-order valence-electron chi connectivity index (χ0n) is 12.5. The van der Waals surface area contributed by atoms with E-state index in [1.54, 1.807) is 0 Å². The first-order valence-electron chi connectivity index (χ1n) is 8.00. The lowest BCUT2D eigenvalue weighted by molar-refractivity contribution is 0.00362. The standard InChI is InChI=1S/C17H26N2O/c1-2-20-17-4-3-9-19(13-17)12-14-5-6-15-7-8-18-11-16(15)10-14/h5-6,10,17-18H,2-4,7-9,11-13H2,1H3. The van der Waals surface area contributed by atoms with E-state index in [0.29, 0.717) is 6.10 Å². The Bertz CT molecular complexity index is 445. The molecule has 1 saturated heterocycles. The summed E-state index contributed by atoms with van der Waals surface area (Å²) in [5, 5.41) is 3.46. The monoisotopic (exact) mass is 274 g/mol. The molecule has 20 heavy (non-hydrogen) atoms. The summed E-state index contributed by atoms with van der Waals surface area (Å²) in [5.74, 6) is 0. The van der Waals surface area contributed by atoms with Crippen LogP contribution >= 0.6 is 0 Å². The van der Waals surface area contributed by atoms with Crippen LogP contribution in [0.5, 0.6) is 0 Å². The molecule has 0 aromatic heterocycles. The van der Waals surface area contributed by atoms with Gasteiger partial charge in [0.2, 0.25) is 0 Å². The molecular formula is C17H26N2O. The molecule has 1 atom stereocenters. The fourth-order valence-electron chi connectivity index (χ4n) is 3.42. The molecule has 2 heterocycles. The minimum Gasteiger partial charge on any atom is -0.377 e. The summed E-state index contributed by atoms with van der Waals surface area (Å²) >= 11 is 0. The maximum absolute atomic E-state index is 5.79. The van der Waals surface area contributed by atoms with E-state index in [0.717, 1.165) is 32.8 Å². The number of rotatable bonds is 4. The van der Waals surface area contributed by atoms with Crippen LogP contribution in [-0.4, -0.2) is 37.2 Å². The van der Waals surface area contributed by atoms with Crippen LogP contribution in [0, 0.1) is 0 Å². The Labute approximate surface area is 122 Å². The molecule has 2 aliphatic rings. The quantitative estimate of drug-likeness (QED) is 0.912. The van der Waals surface area contributed by atoms with Gasteiger partial charge in [0.1, 0.15) is 0 Å². The number of ether oxygens (including phenoxy) is 1. The van der Waals surface area contributed by atoms with Gasteiger partial charge in [-0.15, -0.1) is 0 Å². The summed E-state index contributed by atoms with van der Waals surface area (Å²) in [5.41, 5.74) is 4.47. The minimum absolute atomic E-state index is 0.438. The molecule has 0 amide bonds.